The number of benzene rings is 2. The van der Waals surface area contributed by atoms with Gasteiger partial charge in [0.05, 0.1) is 12.2 Å². The lowest BCUT2D eigenvalue weighted by Crippen LogP contribution is -2.32. The van der Waals surface area contributed by atoms with Gasteiger partial charge in [-0.1, -0.05) is 19.3 Å². The van der Waals surface area contributed by atoms with Crippen LogP contribution in [0.15, 0.2) is 6.07 Å². The Balaban J connectivity index is 1.66. The van der Waals surface area contributed by atoms with Crippen molar-refractivity contribution in [2.24, 2.45) is 5.92 Å². The Hall–Kier alpha value is -2.44. The minimum atomic E-state index is -1.16. The Morgan fingerprint density at radius 3 is 2.29 bits per heavy atom. The molecule has 41 heavy (non-hydrogen) atoms. The van der Waals surface area contributed by atoms with Crippen molar-refractivity contribution in [3.05, 3.63) is 50.8 Å². The maximum absolute atomic E-state index is 15.6. The number of hydrogen-bond donors (Lipinski definition) is 1. The van der Waals surface area contributed by atoms with Crippen LogP contribution >= 0.6 is 0 Å². The molecule has 1 saturated carbocycles. The van der Waals surface area contributed by atoms with Gasteiger partial charge in [0.25, 0.3) is 0 Å². The van der Waals surface area contributed by atoms with Crippen molar-refractivity contribution < 1.29 is 23.8 Å². The zero-order valence-electron chi connectivity index (χ0n) is 25.9. The molecule has 2 aromatic rings. The SMILES string of the molecule is Cc1c(-c2c(C)c3c(c(C)c2[C@H](OC(C)(C)C)C(=O)O)CCN(CC2CCCCC2)CC3)cc(F)c2c1CCCO2. The van der Waals surface area contributed by atoms with E-state index in [9.17, 15) is 9.90 Å². The third-order valence-electron chi connectivity index (χ3n) is 9.58. The Labute approximate surface area is 245 Å². The second kappa shape index (κ2) is 12.0. The lowest BCUT2D eigenvalue weighted by Gasteiger charge is -2.31. The van der Waals surface area contributed by atoms with E-state index in [1.54, 1.807) is 6.07 Å². The quantitative estimate of drug-likeness (QED) is 0.390. The molecule has 0 radical (unpaired) electrons. The van der Waals surface area contributed by atoms with E-state index >= 15 is 4.39 Å². The minimum absolute atomic E-state index is 0.349. The molecule has 6 heteroatoms. The number of nitrogens with zero attached hydrogens (tertiary/aromatic N) is 1. The van der Waals surface area contributed by atoms with Crippen LogP contribution in [0.5, 0.6) is 5.75 Å². The summed E-state index contributed by atoms with van der Waals surface area (Å²) in [6, 6.07) is 1.57. The van der Waals surface area contributed by atoms with Crippen molar-refractivity contribution in [2.45, 2.75) is 111 Å². The molecule has 5 rings (SSSR count). The standard InChI is InChI=1S/C35H48FNO4/c1-21-27-13-10-18-40-32(27)29(36)19-28(21)30-22(2)25-14-16-37(20-24-11-8-7-9-12-24)17-15-26(25)23(3)31(30)33(34(38)39)41-35(4,5)6/h19,24,33H,7-18,20H2,1-6H3,(H,38,39)/t33-/m0/s1. The van der Waals surface area contributed by atoms with Crippen LogP contribution in [0, 0.1) is 32.5 Å². The molecular formula is C35H48FNO4. The zero-order chi connectivity index (χ0) is 29.5. The number of carboxylic acid groups (broad SMARTS) is 1. The Morgan fingerprint density at radius 2 is 1.66 bits per heavy atom. The zero-order valence-corrected chi connectivity index (χ0v) is 25.9. The van der Waals surface area contributed by atoms with Crippen LogP contribution < -0.4 is 4.74 Å². The van der Waals surface area contributed by atoms with Crippen LogP contribution in [0.25, 0.3) is 11.1 Å². The molecule has 2 aromatic carbocycles. The third kappa shape index (κ3) is 6.19. The maximum Gasteiger partial charge on any atom is 0.337 e. The van der Waals surface area contributed by atoms with Gasteiger partial charge in [-0.2, -0.15) is 0 Å². The van der Waals surface area contributed by atoms with Crippen molar-refractivity contribution in [3.63, 3.8) is 0 Å². The molecule has 0 aromatic heterocycles. The fourth-order valence-electron chi connectivity index (χ4n) is 7.58. The Kier molecular flexibility index (Phi) is 8.82. The van der Waals surface area contributed by atoms with Gasteiger partial charge >= 0.3 is 5.97 Å². The highest BCUT2D eigenvalue weighted by molar-refractivity contribution is 5.85. The molecule has 0 unspecified atom stereocenters. The van der Waals surface area contributed by atoms with Gasteiger partial charge in [-0.05, 0) is 131 Å². The minimum Gasteiger partial charge on any atom is -0.490 e. The number of rotatable bonds is 6. The number of carbonyl (C=O) groups is 1. The topological polar surface area (TPSA) is 59.0 Å². The average Bonchev–Trinajstić information content (AvgIpc) is 3.15. The highest BCUT2D eigenvalue weighted by Gasteiger charge is 2.35. The molecule has 0 saturated heterocycles. The van der Waals surface area contributed by atoms with E-state index in [4.69, 9.17) is 9.47 Å². The van der Waals surface area contributed by atoms with Crippen LogP contribution in [0.4, 0.5) is 4.39 Å². The van der Waals surface area contributed by atoms with Crippen molar-refractivity contribution in [1.29, 1.82) is 0 Å². The third-order valence-corrected chi connectivity index (χ3v) is 9.58. The highest BCUT2D eigenvalue weighted by Crippen LogP contribution is 2.46. The molecule has 0 bridgehead atoms. The molecular weight excluding hydrogens is 517 g/mol. The first-order valence-corrected chi connectivity index (χ1v) is 15.7. The summed E-state index contributed by atoms with van der Waals surface area (Å²) in [5, 5.41) is 10.5. The summed E-state index contributed by atoms with van der Waals surface area (Å²) in [6.45, 7) is 15.5. The molecule has 2 aliphatic heterocycles. The number of fused-ring (bicyclic) bond motifs is 2. The lowest BCUT2D eigenvalue weighted by molar-refractivity contribution is -0.160. The van der Waals surface area contributed by atoms with Gasteiger partial charge in [-0.25, -0.2) is 9.18 Å². The first-order chi connectivity index (χ1) is 19.5. The number of halogens is 1. The lowest BCUT2D eigenvalue weighted by atomic mass is 9.79. The predicted molar refractivity (Wildman–Crippen MR) is 162 cm³/mol. The van der Waals surface area contributed by atoms with E-state index in [0.29, 0.717) is 17.9 Å². The number of carboxylic acids is 1. The van der Waals surface area contributed by atoms with E-state index in [1.165, 1.54) is 43.2 Å². The molecule has 1 atom stereocenters. The normalized spacial score (nSPS) is 19.2. The first kappa shape index (κ1) is 30.0. The summed E-state index contributed by atoms with van der Waals surface area (Å²) < 4.78 is 27.6. The second-order valence-corrected chi connectivity index (χ2v) is 13.5. The smallest absolute Gasteiger partial charge is 0.337 e. The summed E-state index contributed by atoms with van der Waals surface area (Å²) in [7, 11) is 0. The van der Waals surface area contributed by atoms with Gasteiger partial charge in [-0.15, -0.1) is 0 Å². The summed E-state index contributed by atoms with van der Waals surface area (Å²) >= 11 is 0. The summed E-state index contributed by atoms with van der Waals surface area (Å²) in [6.07, 6.45) is 8.93. The Bertz CT molecular complexity index is 1300. The highest BCUT2D eigenvalue weighted by atomic mass is 19.1. The molecule has 1 aliphatic carbocycles. The molecule has 0 amide bonds. The molecule has 0 spiro atoms. The monoisotopic (exact) mass is 565 g/mol. The van der Waals surface area contributed by atoms with Crippen LogP contribution in [0.2, 0.25) is 0 Å². The van der Waals surface area contributed by atoms with Crippen molar-refractivity contribution in [2.75, 3.05) is 26.2 Å². The number of aliphatic carboxylic acids is 1. The van der Waals surface area contributed by atoms with E-state index in [2.05, 4.69) is 18.7 Å². The largest absolute Gasteiger partial charge is 0.490 e. The van der Waals surface area contributed by atoms with E-state index in [1.807, 2.05) is 27.7 Å². The fraction of sp³-hybridized carbons (Fsp3) is 0.629. The van der Waals surface area contributed by atoms with Crippen molar-refractivity contribution in [3.8, 4) is 16.9 Å². The van der Waals surface area contributed by atoms with Gasteiger partial charge in [0.2, 0.25) is 0 Å². The average molecular weight is 566 g/mol. The van der Waals surface area contributed by atoms with Crippen LogP contribution in [0.1, 0.15) is 104 Å². The van der Waals surface area contributed by atoms with E-state index in [0.717, 1.165) is 84.6 Å². The summed E-state index contributed by atoms with van der Waals surface area (Å²) in [4.78, 5) is 15.5. The molecule has 2 heterocycles. The second-order valence-electron chi connectivity index (χ2n) is 13.5. The van der Waals surface area contributed by atoms with Gasteiger partial charge in [0.15, 0.2) is 17.7 Å². The number of ether oxygens (including phenoxy) is 2. The van der Waals surface area contributed by atoms with Gasteiger partial charge in [-0.3, -0.25) is 0 Å². The van der Waals surface area contributed by atoms with Crippen LogP contribution in [-0.2, 0) is 28.8 Å². The number of hydrogen-bond acceptors (Lipinski definition) is 4. The van der Waals surface area contributed by atoms with Gasteiger partial charge in [0, 0.05) is 30.8 Å². The Morgan fingerprint density at radius 1 is 1.00 bits per heavy atom. The van der Waals surface area contributed by atoms with Gasteiger partial charge < -0.3 is 19.5 Å². The van der Waals surface area contributed by atoms with E-state index < -0.39 is 17.7 Å². The molecule has 224 valence electrons. The summed E-state index contributed by atoms with van der Waals surface area (Å²) in [5.74, 6) is -0.267. The predicted octanol–water partition coefficient (Wildman–Crippen LogP) is 7.66. The van der Waals surface area contributed by atoms with E-state index in [-0.39, 0.29) is 5.82 Å². The molecule has 5 nitrogen and oxygen atoms in total. The van der Waals surface area contributed by atoms with Crippen molar-refractivity contribution >= 4 is 5.97 Å². The summed E-state index contributed by atoms with van der Waals surface area (Å²) in [5.41, 5.74) is 8.02. The molecule has 3 aliphatic rings. The first-order valence-electron chi connectivity index (χ1n) is 15.7. The fourth-order valence-corrected chi connectivity index (χ4v) is 7.58. The maximum atomic E-state index is 15.6. The van der Waals surface area contributed by atoms with Crippen LogP contribution in [0.3, 0.4) is 0 Å². The molecule has 1 fully saturated rings. The molecule has 1 N–H and O–H groups in total. The van der Waals surface area contributed by atoms with Gasteiger partial charge in [0.1, 0.15) is 0 Å². The van der Waals surface area contributed by atoms with Crippen LogP contribution in [-0.4, -0.2) is 47.8 Å². The van der Waals surface area contributed by atoms with Crippen molar-refractivity contribution in [1.82, 2.24) is 4.90 Å².